The molecule has 0 fully saturated rings. The second-order valence-electron chi connectivity index (χ2n) is 5.86. The number of fused-ring (bicyclic) bond motifs is 2. The fourth-order valence-corrected chi connectivity index (χ4v) is 3.03. The van der Waals surface area contributed by atoms with Gasteiger partial charge in [-0.25, -0.2) is 0 Å². The number of aromatic nitrogens is 1. The van der Waals surface area contributed by atoms with Gasteiger partial charge in [-0.1, -0.05) is 62.0 Å². The monoisotopic (exact) mass is 344 g/mol. The smallest absolute Gasteiger partial charge is 0.255 e. The van der Waals surface area contributed by atoms with E-state index in [1.54, 1.807) is 24.4 Å². The summed E-state index contributed by atoms with van der Waals surface area (Å²) in [5.74, 6) is -0.411. The van der Waals surface area contributed by atoms with Crippen molar-refractivity contribution in [1.82, 2.24) is 10.3 Å². The molecule has 2 N–H and O–H groups in total. The van der Waals surface area contributed by atoms with Gasteiger partial charge in [-0.3, -0.25) is 9.78 Å². The van der Waals surface area contributed by atoms with Crippen LogP contribution >= 0.6 is 0 Å². The summed E-state index contributed by atoms with van der Waals surface area (Å²) in [6.07, 6.45) is 1.60. The van der Waals surface area contributed by atoms with E-state index in [2.05, 4.69) is 10.3 Å². The summed E-state index contributed by atoms with van der Waals surface area (Å²) in [5, 5.41) is 16.3. The van der Waals surface area contributed by atoms with Gasteiger partial charge in [-0.2, -0.15) is 0 Å². The molecule has 4 heteroatoms. The summed E-state index contributed by atoms with van der Waals surface area (Å²) in [5.41, 5.74) is 1.69. The molecule has 0 bridgehead atoms. The highest BCUT2D eigenvalue weighted by Crippen LogP contribution is 2.27. The number of rotatable bonds is 3. The number of nitrogens with one attached hydrogen (secondary N) is 1. The molecular weight excluding hydrogens is 324 g/mol. The molecule has 0 aliphatic heterocycles. The first kappa shape index (κ1) is 17.4. The zero-order valence-electron chi connectivity index (χ0n) is 13.4. The zero-order chi connectivity index (χ0) is 17.2. The van der Waals surface area contributed by atoms with Crippen LogP contribution in [0.1, 0.15) is 23.3 Å². The van der Waals surface area contributed by atoms with Crippen LogP contribution < -0.4 is 5.32 Å². The van der Waals surface area contributed by atoms with Crippen molar-refractivity contribution in [1.29, 1.82) is 0 Å². The third-order valence-corrected chi connectivity index (χ3v) is 4.31. The second kappa shape index (κ2) is 7.23. The van der Waals surface area contributed by atoms with Crippen LogP contribution in [-0.4, -0.2) is 16.0 Å². The average Bonchev–Trinajstić information content (AvgIpc) is 2.66. The normalized spacial score (nSPS) is 10.5. The average molecular weight is 344 g/mol. The van der Waals surface area contributed by atoms with E-state index < -0.39 is 0 Å². The number of pyridine rings is 1. The van der Waals surface area contributed by atoms with E-state index in [0.29, 0.717) is 12.1 Å². The summed E-state index contributed by atoms with van der Waals surface area (Å²) < 4.78 is 0. The molecule has 4 nitrogen and oxygen atoms in total. The molecule has 1 aromatic heterocycles. The number of amides is 1. The van der Waals surface area contributed by atoms with Crippen molar-refractivity contribution >= 4 is 27.6 Å². The van der Waals surface area contributed by atoms with Crippen molar-refractivity contribution in [3.05, 3.63) is 84.1 Å². The van der Waals surface area contributed by atoms with Gasteiger partial charge < -0.3 is 10.4 Å². The predicted molar refractivity (Wildman–Crippen MR) is 105 cm³/mol. The van der Waals surface area contributed by atoms with Crippen LogP contribution in [0.2, 0.25) is 0 Å². The zero-order valence-corrected chi connectivity index (χ0v) is 13.4. The molecule has 1 amide bonds. The summed E-state index contributed by atoms with van der Waals surface area (Å²) in [6.45, 7) is 0.389. The summed E-state index contributed by atoms with van der Waals surface area (Å²) in [4.78, 5) is 16.7. The van der Waals surface area contributed by atoms with Crippen molar-refractivity contribution in [2.45, 2.75) is 14.0 Å². The van der Waals surface area contributed by atoms with E-state index in [0.717, 1.165) is 21.7 Å². The van der Waals surface area contributed by atoms with Crippen LogP contribution in [0.15, 0.2) is 72.9 Å². The van der Waals surface area contributed by atoms with Gasteiger partial charge in [0.25, 0.3) is 5.91 Å². The van der Waals surface area contributed by atoms with E-state index in [9.17, 15) is 9.90 Å². The second-order valence-corrected chi connectivity index (χ2v) is 5.86. The van der Waals surface area contributed by atoms with E-state index in [1.165, 1.54) is 0 Å². The molecule has 1 heterocycles. The molecule has 0 saturated carbocycles. The quantitative estimate of drug-likeness (QED) is 0.568. The number of nitrogens with zero attached hydrogens (tertiary/aromatic N) is 1. The Kier molecular flexibility index (Phi) is 4.85. The highest BCUT2D eigenvalue weighted by atomic mass is 16.3. The van der Waals surface area contributed by atoms with Gasteiger partial charge in [0.2, 0.25) is 0 Å². The minimum atomic E-state index is -0.321. The number of carbonyl (C=O) groups excluding carboxylic acids is 1. The number of carbonyl (C=O) groups is 1. The Labute approximate surface area is 152 Å². The molecule has 0 saturated heterocycles. The van der Waals surface area contributed by atoms with E-state index >= 15 is 0 Å². The summed E-state index contributed by atoms with van der Waals surface area (Å²) >= 11 is 0. The van der Waals surface area contributed by atoms with Gasteiger partial charge in [0.05, 0.1) is 5.56 Å². The van der Waals surface area contributed by atoms with Gasteiger partial charge in [-0.15, -0.1) is 0 Å². The number of hydrogen-bond donors (Lipinski definition) is 2. The van der Waals surface area contributed by atoms with Crippen LogP contribution in [0.3, 0.4) is 0 Å². The maximum atomic E-state index is 12.5. The molecule has 0 aliphatic rings. The van der Waals surface area contributed by atoms with Gasteiger partial charge in [-0.05, 0) is 28.5 Å². The van der Waals surface area contributed by atoms with Gasteiger partial charge in [0.1, 0.15) is 5.52 Å². The lowest BCUT2D eigenvalue weighted by atomic mass is 10.0. The topological polar surface area (TPSA) is 62.2 Å². The SMILES string of the molecule is C.O=C(NCc1cccc2ccccc12)c1ccc2cccnc2c1O. The lowest BCUT2D eigenvalue weighted by Crippen LogP contribution is -2.23. The summed E-state index contributed by atoms with van der Waals surface area (Å²) in [6, 6.07) is 21.1. The minimum Gasteiger partial charge on any atom is -0.505 e. The Hall–Kier alpha value is -3.40. The van der Waals surface area contributed by atoms with Gasteiger partial charge >= 0.3 is 0 Å². The molecule has 0 radical (unpaired) electrons. The largest absolute Gasteiger partial charge is 0.505 e. The fourth-order valence-electron chi connectivity index (χ4n) is 3.03. The van der Waals surface area contributed by atoms with Crippen LogP contribution in [0, 0.1) is 0 Å². The van der Waals surface area contributed by atoms with Crippen LogP contribution in [-0.2, 0) is 6.54 Å². The lowest BCUT2D eigenvalue weighted by Gasteiger charge is -2.10. The number of phenolic OH excluding ortho intramolecular Hbond substituents is 1. The Morgan fingerprint density at radius 3 is 2.58 bits per heavy atom. The Morgan fingerprint density at radius 1 is 0.923 bits per heavy atom. The molecule has 4 aromatic rings. The predicted octanol–water partition coefficient (Wildman–Crippen LogP) is 4.66. The van der Waals surface area contributed by atoms with Crippen LogP contribution in [0.5, 0.6) is 5.75 Å². The Morgan fingerprint density at radius 2 is 1.69 bits per heavy atom. The fraction of sp³-hybridized carbons (Fsp3) is 0.0909. The number of aromatic hydroxyl groups is 1. The molecule has 0 aliphatic carbocycles. The molecule has 130 valence electrons. The maximum Gasteiger partial charge on any atom is 0.255 e. The van der Waals surface area contributed by atoms with Crippen molar-refractivity contribution in [3.63, 3.8) is 0 Å². The van der Waals surface area contributed by atoms with Crippen molar-refractivity contribution in [2.75, 3.05) is 0 Å². The molecule has 26 heavy (non-hydrogen) atoms. The van der Waals surface area contributed by atoms with E-state index in [1.807, 2.05) is 48.5 Å². The first-order valence-electron chi connectivity index (χ1n) is 8.05. The van der Waals surface area contributed by atoms with Crippen molar-refractivity contribution in [3.8, 4) is 5.75 Å². The Bertz CT molecular complexity index is 1080. The highest BCUT2D eigenvalue weighted by Gasteiger charge is 2.14. The van der Waals surface area contributed by atoms with E-state index in [4.69, 9.17) is 0 Å². The minimum absolute atomic E-state index is 0. The number of phenols is 1. The highest BCUT2D eigenvalue weighted by molar-refractivity contribution is 6.02. The standard InChI is InChI=1S/C21H16N2O2.CH4/c24-20-18(11-10-15-8-4-12-22-19(15)20)21(25)23-13-16-7-3-6-14-5-1-2-9-17(14)16;/h1-12,24H,13H2,(H,23,25);1H4. The molecule has 4 rings (SSSR count). The Balaban J connectivity index is 0.00000196. The van der Waals surface area contributed by atoms with Crippen LogP contribution in [0.25, 0.3) is 21.7 Å². The molecule has 3 aromatic carbocycles. The van der Waals surface area contributed by atoms with Crippen LogP contribution in [0.4, 0.5) is 0 Å². The van der Waals surface area contributed by atoms with E-state index in [-0.39, 0.29) is 24.6 Å². The van der Waals surface area contributed by atoms with Gasteiger partial charge in [0.15, 0.2) is 5.75 Å². The maximum absolute atomic E-state index is 12.5. The first-order valence-corrected chi connectivity index (χ1v) is 8.05. The first-order chi connectivity index (χ1) is 12.2. The van der Waals surface area contributed by atoms with Gasteiger partial charge in [0, 0.05) is 18.1 Å². The van der Waals surface area contributed by atoms with Crippen molar-refractivity contribution < 1.29 is 9.90 Å². The van der Waals surface area contributed by atoms with Crippen molar-refractivity contribution in [2.24, 2.45) is 0 Å². The third-order valence-electron chi connectivity index (χ3n) is 4.31. The third kappa shape index (κ3) is 3.09. The molecular formula is C22H20N2O2. The number of hydrogen-bond acceptors (Lipinski definition) is 3. The molecule has 0 unspecified atom stereocenters. The number of benzene rings is 3. The lowest BCUT2D eigenvalue weighted by molar-refractivity contribution is 0.0948. The molecule has 0 spiro atoms. The molecule has 0 atom stereocenters. The summed E-state index contributed by atoms with van der Waals surface area (Å²) in [7, 11) is 0.